The average molecular weight is 486 g/mol. The molecule has 0 spiro atoms. The van der Waals surface area contributed by atoms with E-state index in [2.05, 4.69) is 5.32 Å². The maximum Gasteiger partial charge on any atom is 0.326 e. The van der Waals surface area contributed by atoms with Gasteiger partial charge in [-0.15, -0.1) is 11.8 Å². The Balaban J connectivity index is 1.25. The van der Waals surface area contributed by atoms with Gasteiger partial charge in [-0.05, 0) is 87.7 Å². The number of carboxylic acid groups (broad SMARTS) is 1. The van der Waals surface area contributed by atoms with Gasteiger partial charge in [-0.25, -0.2) is 9.78 Å². The number of hydrogen-bond acceptors (Lipinski definition) is 6. The van der Waals surface area contributed by atoms with Crippen LogP contribution in [0, 0.1) is 17.8 Å². The highest BCUT2D eigenvalue weighted by molar-refractivity contribution is 7.99. The first-order valence-electron chi connectivity index (χ1n) is 13.1. The molecule has 2 heterocycles. The first kappa shape index (κ1) is 22.7. The highest BCUT2D eigenvalue weighted by atomic mass is 32.2. The highest BCUT2D eigenvalue weighted by Crippen LogP contribution is 2.55. The summed E-state index contributed by atoms with van der Waals surface area (Å²) in [6.07, 6.45) is 10.9. The van der Waals surface area contributed by atoms with Crippen molar-refractivity contribution >= 4 is 29.5 Å². The summed E-state index contributed by atoms with van der Waals surface area (Å²) >= 11 is 1.69. The smallest absolute Gasteiger partial charge is 0.326 e. The Morgan fingerprint density at radius 3 is 2.47 bits per heavy atom. The van der Waals surface area contributed by atoms with Crippen molar-refractivity contribution in [3.8, 4) is 0 Å². The van der Waals surface area contributed by atoms with Gasteiger partial charge in [0.1, 0.15) is 16.9 Å². The van der Waals surface area contributed by atoms with E-state index in [4.69, 9.17) is 4.98 Å². The van der Waals surface area contributed by atoms with Gasteiger partial charge >= 0.3 is 5.97 Å². The molecule has 7 nitrogen and oxygen atoms in total. The van der Waals surface area contributed by atoms with E-state index >= 15 is 0 Å². The van der Waals surface area contributed by atoms with Crippen molar-refractivity contribution in [2.24, 2.45) is 17.8 Å². The molecule has 5 saturated carbocycles. The maximum atomic E-state index is 13.6. The Kier molecular flexibility index (Phi) is 5.79. The number of carbonyl (C=O) groups is 2. The van der Waals surface area contributed by atoms with E-state index in [9.17, 15) is 19.8 Å². The Bertz CT molecular complexity index is 965. The molecule has 34 heavy (non-hydrogen) atoms. The van der Waals surface area contributed by atoms with Crippen LogP contribution in [0.5, 0.6) is 0 Å². The van der Waals surface area contributed by atoms with Crippen molar-refractivity contribution in [1.82, 2.24) is 10.3 Å². The lowest BCUT2D eigenvalue weighted by Gasteiger charge is -2.58. The zero-order valence-corrected chi connectivity index (χ0v) is 20.4. The number of aliphatic carboxylic acids is 1. The van der Waals surface area contributed by atoms with Crippen LogP contribution >= 0.6 is 11.8 Å². The minimum Gasteiger partial charge on any atom is -0.480 e. The van der Waals surface area contributed by atoms with Crippen LogP contribution in [-0.4, -0.2) is 56.6 Å². The molecule has 8 heteroatoms. The molecular weight excluding hydrogens is 450 g/mol. The van der Waals surface area contributed by atoms with Gasteiger partial charge in [0.25, 0.3) is 5.91 Å². The van der Waals surface area contributed by atoms with Crippen LogP contribution in [0.3, 0.4) is 0 Å². The molecule has 1 saturated heterocycles. The normalized spacial score (nSPS) is 36.9. The fraction of sp³-hybridized carbons (Fsp3) is 0.731. The van der Waals surface area contributed by atoms with Crippen molar-refractivity contribution in [3.05, 3.63) is 17.7 Å². The molecule has 1 amide bonds. The van der Waals surface area contributed by atoms with Crippen molar-refractivity contribution in [1.29, 1.82) is 0 Å². The fourth-order valence-corrected chi connectivity index (χ4v) is 9.08. The van der Waals surface area contributed by atoms with Crippen LogP contribution in [0.15, 0.2) is 17.2 Å². The number of amides is 1. The van der Waals surface area contributed by atoms with Crippen LogP contribution < -0.4 is 10.2 Å². The fourth-order valence-electron chi connectivity index (χ4n) is 7.76. The molecule has 3 N–H and O–H groups in total. The van der Waals surface area contributed by atoms with Gasteiger partial charge in [-0.2, -0.15) is 0 Å². The number of anilines is 1. The first-order valence-corrected chi connectivity index (χ1v) is 14.0. The summed E-state index contributed by atoms with van der Waals surface area (Å²) in [6.45, 7) is 0.679. The van der Waals surface area contributed by atoms with Crippen LogP contribution in [0.25, 0.3) is 0 Å². The molecule has 3 unspecified atom stereocenters. The Labute approximate surface area is 205 Å². The number of rotatable bonds is 6. The summed E-state index contributed by atoms with van der Waals surface area (Å²) < 4.78 is 0. The number of aliphatic hydroxyl groups is 1. The average Bonchev–Trinajstić information content (AvgIpc) is 3.47. The Morgan fingerprint density at radius 1 is 1.06 bits per heavy atom. The molecular formula is C26H35N3O4S. The van der Waals surface area contributed by atoms with Crippen molar-refractivity contribution < 1.29 is 19.8 Å². The SMILES string of the molecule is O=C(NC1C2CC3CC1CC(O)(C3)C2)c1ccc(N2CCCC2C(=O)O)nc1SC1CCCC1. The summed E-state index contributed by atoms with van der Waals surface area (Å²) in [6, 6.07) is 3.27. The number of nitrogens with one attached hydrogen (secondary N) is 1. The minimum atomic E-state index is -0.811. The molecule has 6 aliphatic rings. The lowest BCUT2D eigenvalue weighted by molar-refractivity contribution is -0.138. The van der Waals surface area contributed by atoms with E-state index in [1.807, 2.05) is 17.0 Å². The molecule has 3 atom stereocenters. The van der Waals surface area contributed by atoms with E-state index in [-0.39, 0.29) is 11.9 Å². The number of nitrogens with zero attached hydrogens (tertiary/aromatic N) is 2. The third-order valence-electron chi connectivity index (χ3n) is 9.04. The summed E-state index contributed by atoms with van der Waals surface area (Å²) in [7, 11) is 0. The van der Waals surface area contributed by atoms with Gasteiger partial charge in [0, 0.05) is 17.8 Å². The van der Waals surface area contributed by atoms with Gasteiger partial charge in [-0.3, -0.25) is 4.79 Å². The van der Waals surface area contributed by atoms with Gasteiger partial charge in [0.05, 0.1) is 11.2 Å². The molecule has 184 valence electrons. The number of carbonyl (C=O) groups excluding carboxylic acids is 1. The van der Waals surface area contributed by atoms with E-state index < -0.39 is 17.6 Å². The number of thioether (sulfide) groups is 1. The minimum absolute atomic E-state index is 0.0692. The summed E-state index contributed by atoms with van der Waals surface area (Å²) in [5, 5.41) is 25.1. The summed E-state index contributed by atoms with van der Waals surface area (Å²) in [4.78, 5) is 32.1. The number of carboxylic acids is 1. The van der Waals surface area contributed by atoms with Gasteiger partial charge in [-0.1, -0.05) is 12.8 Å². The predicted octanol–water partition coefficient (Wildman–Crippen LogP) is 3.84. The molecule has 1 aliphatic heterocycles. The summed E-state index contributed by atoms with van der Waals surface area (Å²) in [5.74, 6) is 1.11. The maximum absolute atomic E-state index is 13.6. The molecule has 1 aromatic rings. The highest BCUT2D eigenvalue weighted by Gasteiger charge is 2.55. The van der Waals surface area contributed by atoms with Crippen molar-refractivity contribution in [2.75, 3.05) is 11.4 Å². The summed E-state index contributed by atoms with van der Waals surface area (Å²) in [5.41, 5.74) is 0.0973. The zero-order valence-electron chi connectivity index (χ0n) is 19.6. The third kappa shape index (κ3) is 4.11. The number of pyridine rings is 1. The molecule has 7 rings (SSSR count). The largest absolute Gasteiger partial charge is 0.480 e. The van der Waals surface area contributed by atoms with E-state index in [1.54, 1.807) is 11.8 Å². The second-order valence-corrected chi connectivity index (χ2v) is 12.7. The third-order valence-corrected chi connectivity index (χ3v) is 10.4. The molecule has 1 aromatic heterocycles. The second-order valence-electron chi connectivity index (χ2n) is 11.4. The Hall–Kier alpha value is -1.80. The standard InChI is InChI=1S/C26H35N3O4S/c30-23(28-22-16-10-15-11-17(22)14-26(33,12-15)13-16)19-7-8-21(29-9-3-6-20(29)25(31)32)27-24(19)34-18-4-1-2-5-18/h7-8,15-18,20,22,33H,1-6,9-14H2,(H,28,30)(H,31,32). The second kappa shape index (κ2) is 8.70. The topological polar surface area (TPSA) is 103 Å². The molecule has 0 aromatic carbocycles. The van der Waals surface area contributed by atoms with Crippen LogP contribution in [0.4, 0.5) is 5.82 Å². The first-order chi connectivity index (χ1) is 16.4. The molecule has 5 aliphatic carbocycles. The van der Waals surface area contributed by atoms with Gasteiger partial charge in [0.2, 0.25) is 0 Å². The van der Waals surface area contributed by atoms with E-state index in [1.165, 1.54) is 12.8 Å². The number of aromatic nitrogens is 1. The zero-order chi connectivity index (χ0) is 23.4. The van der Waals surface area contributed by atoms with Crippen LogP contribution in [0.2, 0.25) is 0 Å². The Morgan fingerprint density at radius 2 is 1.79 bits per heavy atom. The van der Waals surface area contributed by atoms with E-state index in [0.29, 0.717) is 47.4 Å². The van der Waals surface area contributed by atoms with Crippen molar-refractivity contribution in [3.63, 3.8) is 0 Å². The van der Waals surface area contributed by atoms with E-state index in [0.717, 1.165) is 56.4 Å². The quantitative estimate of drug-likeness (QED) is 0.563. The van der Waals surface area contributed by atoms with Crippen molar-refractivity contribution in [2.45, 2.75) is 98.6 Å². The predicted molar refractivity (Wildman–Crippen MR) is 130 cm³/mol. The van der Waals surface area contributed by atoms with Gasteiger partial charge < -0.3 is 20.4 Å². The molecule has 6 fully saturated rings. The molecule has 4 bridgehead atoms. The lowest BCUT2D eigenvalue weighted by Crippen LogP contribution is -2.61. The number of hydrogen-bond donors (Lipinski definition) is 3. The molecule has 0 radical (unpaired) electrons. The van der Waals surface area contributed by atoms with Crippen LogP contribution in [-0.2, 0) is 4.79 Å². The van der Waals surface area contributed by atoms with Gasteiger partial charge in [0.15, 0.2) is 0 Å². The van der Waals surface area contributed by atoms with Crippen LogP contribution in [0.1, 0.15) is 81.0 Å². The lowest BCUT2D eigenvalue weighted by atomic mass is 9.52. The monoisotopic (exact) mass is 485 g/mol.